The van der Waals surface area contributed by atoms with Crippen molar-refractivity contribution in [2.45, 2.75) is 12.4 Å². The van der Waals surface area contributed by atoms with E-state index in [2.05, 4.69) is 4.98 Å². The van der Waals surface area contributed by atoms with Crippen LogP contribution in [0.1, 0.15) is 11.4 Å². The van der Waals surface area contributed by atoms with Crippen LogP contribution in [0.25, 0.3) is 11.1 Å². The topological polar surface area (TPSA) is 12.9 Å². The first-order valence-corrected chi connectivity index (χ1v) is 6.84. The lowest BCUT2D eigenvalue weighted by molar-refractivity contribution is -0.150. The standard InChI is InChI=1S/C13H4Cl3F6N/c14-6-3-7(11(16)8(15)4-6)5-1-9(12(17,18)19)23-10(2-5)13(20,21)22/h1-4H. The summed E-state index contributed by atoms with van der Waals surface area (Å²) in [4.78, 5) is 2.62. The summed E-state index contributed by atoms with van der Waals surface area (Å²) in [7, 11) is 0. The minimum absolute atomic E-state index is 0.00771. The Labute approximate surface area is 140 Å². The van der Waals surface area contributed by atoms with E-state index in [-0.39, 0.29) is 20.6 Å². The van der Waals surface area contributed by atoms with Crippen molar-refractivity contribution in [1.29, 1.82) is 0 Å². The van der Waals surface area contributed by atoms with E-state index in [1.54, 1.807) is 0 Å². The van der Waals surface area contributed by atoms with E-state index in [0.29, 0.717) is 12.1 Å². The van der Waals surface area contributed by atoms with Gasteiger partial charge in [-0.1, -0.05) is 34.8 Å². The van der Waals surface area contributed by atoms with Gasteiger partial charge in [0, 0.05) is 10.6 Å². The van der Waals surface area contributed by atoms with Gasteiger partial charge in [0.05, 0.1) is 10.0 Å². The van der Waals surface area contributed by atoms with Crippen molar-refractivity contribution >= 4 is 34.8 Å². The van der Waals surface area contributed by atoms with Crippen LogP contribution in [0, 0.1) is 0 Å². The zero-order chi connectivity index (χ0) is 17.6. The van der Waals surface area contributed by atoms with Gasteiger partial charge >= 0.3 is 12.4 Å². The average Bonchev–Trinajstić information content (AvgIpc) is 2.40. The number of pyridine rings is 1. The van der Waals surface area contributed by atoms with Gasteiger partial charge in [-0.3, -0.25) is 0 Å². The molecule has 0 saturated carbocycles. The van der Waals surface area contributed by atoms with Gasteiger partial charge in [-0.25, -0.2) is 4.98 Å². The summed E-state index contributed by atoms with van der Waals surface area (Å²) in [5, 5.41) is -0.315. The van der Waals surface area contributed by atoms with Gasteiger partial charge in [0.15, 0.2) is 0 Å². The van der Waals surface area contributed by atoms with E-state index >= 15 is 0 Å². The van der Waals surface area contributed by atoms with Crippen LogP contribution in [0.4, 0.5) is 26.3 Å². The van der Waals surface area contributed by atoms with E-state index in [9.17, 15) is 26.3 Å². The highest BCUT2D eigenvalue weighted by Gasteiger charge is 2.39. The molecule has 0 aliphatic heterocycles. The molecule has 1 nitrogen and oxygen atoms in total. The minimum atomic E-state index is -5.06. The fraction of sp³-hybridized carbons (Fsp3) is 0.154. The number of hydrogen-bond donors (Lipinski definition) is 0. The third kappa shape index (κ3) is 4.02. The molecular formula is C13H4Cl3F6N. The van der Waals surface area contributed by atoms with Crippen molar-refractivity contribution in [3.8, 4) is 11.1 Å². The number of hydrogen-bond acceptors (Lipinski definition) is 1. The Bertz CT molecular complexity index is 722. The first-order valence-electron chi connectivity index (χ1n) is 5.71. The van der Waals surface area contributed by atoms with Gasteiger partial charge in [-0.2, -0.15) is 26.3 Å². The SMILES string of the molecule is FC(F)(F)c1cc(-c2cc(Cl)cc(Cl)c2Cl)cc(C(F)(F)F)n1. The van der Waals surface area contributed by atoms with Gasteiger partial charge in [-0.05, 0) is 29.8 Å². The van der Waals surface area contributed by atoms with E-state index in [1.165, 1.54) is 6.07 Å². The third-order valence-electron chi connectivity index (χ3n) is 2.71. The lowest BCUT2D eigenvalue weighted by atomic mass is 10.0. The Balaban J connectivity index is 2.77. The van der Waals surface area contributed by atoms with Crippen LogP contribution in [-0.2, 0) is 12.4 Å². The quantitative estimate of drug-likeness (QED) is 0.385. The second kappa shape index (κ2) is 6.03. The highest BCUT2D eigenvalue weighted by atomic mass is 35.5. The monoisotopic (exact) mass is 393 g/mol. The Morgan fingerprint density at radius 3 is 1.65 bits per heavy atom. The van der Waals surface area contributed by atoms with Gasteiger partial charge in [-0.15, -0.1) is 0 Å². The van der Waals surface area contributed by atoms with Crippen molar-refractivity contribution in [3.05, 3.63) is 50.7 Å². The highest BCUT2D eigenvalue weighted by Crippen LogP contribution is 2.40. The van der Waals surface area contributed by atoms with Crippen LogP contribution in [0.3, 0.4) is 0 Å². The van der Waals surface area contributed by atoms with Crippen molar-refractivity contribution in [3.63, 3.8) is 0 Å². The first-order chi connectivity index (χ1) is 10.4. The lowest BCUT2D eigenvalue weighted by Crippen LogP contribution is -2.15. The molecule has 0 fully saturated rings. The maximum absolute atomic E-state index is 12.8. The van der Waals surface area contributed by atoms with Crippen LogP contribution < -0.4 is 0 Å². The zero-order valence-electron chi connectivity index (χ0n) is 10.7. The molecule has 10 heteroatoms. The molecule has 2 rings (SSSR count). The van der Waals surface area contributed by atoms with Crippen molar-refractivity contribution in [1.82, 2.24) is 4.98 Å². The number of rotatable bonds is 1. The second-order valence-electron chi connectivity index (χ2n) is 4.37. The van der Waals surface area contributed by atoms with Gasteiger partial charge in [0.2, 0.25) is 0 Å². The number of alkyl halides is 6. The summed E-state index contributed by atoms with van der Waals surface area (Å²) in [6.07, 6.45) is -10.1. The molecule has 0 amide bonds. The maximum Gasteiger partial charge on any atom is 0.433 e. The van der Waals surface area contributed by atoms with Crippen molar-refractivity contribution in [2.75, 3.05) is 0 Å². The molecule has 0 bridgehead atoms. The first kappa shape index (κ1) is 18.2. The fourth-order valence-electron chi connectivity index (χ4n) is 1.74. The van der Waals surface area contributed by atoms with Crippen LogP contribution in [0.15, 0.2) is 24.3 Å². The third-order valence-corrected chi connectivity index (χ3v) is 3.73. The summed E-state index contributed by atoms with van der Waals surface area (Å²) in [5.41, 5.74) is -4.01. The van der Waals surface area contributed by atoms with E-state index in [4.69, 9.17) is 34.8 Å². The predicted octanol–water partition coefficient (Wildman–Crippen LogP) is 6.75. The highest BCUT2D eigenvalue weighted by molar-refractivity contribution is 6.45. The predicted molar refractivity (Wildman–Crippen MR) is 74.7 cm³/mol. The summed E-state index contributed by atoms with van der Waals surface area (Å²) >= 11 is 17.3. The molecule has 124 valence electrons. The molecular weight excluding hydrogens is 390 g/mol. The molecule has 2 aromatic rings. The lowest BCUT2D eigenvalue weighted by Gasteiger charge is -2.14. The fourth-order valence-corrected chi connectivity index (χ4v) is 2.45. The van der Waals surface area contributed by atoms with Crippen molar-refractivity contribution < 1.29 is 26.3 Å². The van der Waals surface area contributed by atoms with Crippen molar-refractivity contribution in [2.24, 2.45) is 0 Å². The molecule has 0 aliphatic carbocycles. The minimum Gasteiger partial charge on any atom is -0.239 e. The largest absolute Gasteiger partial charge is 0.433 e. The molecule has 0 radical (unpaired) electrons. The molecule has 1 aromatic carbocycles. The Hall–Kier alpha value is -1.18. The smallest absolute Gasteiger partial charge is 0.239 e. The Morgan fingerprint density at radius 2 is 1.22 bits per heavy atom. The van der Waals surface area contributed by atoms with Crippen LogP contribution in [0.2, 0.25) is 15.1 Å². The summed E-state index contributed by atoms with van der Waals surface area (Å²) < 4.78 is 76.8. The zero-order valence-corrected chi connectivity index (χ0v) is 12.9. The molecule has 0 atom stereocenters. The van der Waals surface area contributed by atoms with Crippen LogP contribution in [-0.4, -0.2) is 4.98 Å². The molecule has 0 aliphatic rings. The summed E-state index contributed by atoms with van der Waals surface area (Å²) in [6, 6.07) is 3.23. The number of nitrogens with zero attached hydrogens (tertiary/aromatic N) is 1. The normalized spacial score (nSPS) is 12.6. The van der Waals surface area contributed by atoms with E-state index in [1.807, 2.05) is 0 Å². The van der Waals surface area contributed by atoms with E-state index in [0.717, 1.165) is 6.07 Å². The van der Waals surface area contributed by atoms with E-state index < -0.39 is 29.3 Å². The number of halogens is 9. The average molecular weight is 395 g/mol. The molecule has 0 unspecified atom stereocenters. The Kier molecular flexibility index (Phi) is 4.76. The maximum atomic E-state index is 12.8. The molecule has 1 aromatic heterocycles. The van der Waals surface area contributed by atoms with Gasteiger partial charge < -0.3 is 0 Å². The second-order valence-corrected chi connectivity index (χ2v) is 5.59. The summed E-state index contributed by atoms with van der Waals surface area (Å²) in [6.45, 7) is 0. The molecule has 1 heterocycles. The van der Waals surface area contributed by atoms with Gasteiger partial charge in [0.1, 0.15) is 11.4 Å². The van der Waals surface area contributed by atoms with Crippen LogP contribution in [0.5, 0.6) is 0 Å². The molecule has 23 heavy (non-hydrogen) atoms. The van der Waals surface area contributed by atoms with Gasteiger partial charge in [0.25, 0.3) is 0 Å². The Morgan fingerprint density at radius 1 is 0.739 bits per heavy atom. The molecule has 0 spiro atoms. The molecule has 0 saturated heterocycles. The molecule has 0 N–H and O–H groups in total. The summed E-state index contributed by atoms with van der Waals surface area (Å²) in [5.74, 6) is 0. The number of aromatic nitrogens is 1. The van der Waals surface area contributed by atoms with Crippen LogP contribution >= 0.6 is 34.8 Å². The number of benzene rings is 1.